The third kappa shape index (κ3) is 10.1. The maximum absolute atomic E-state index is 0. The fraction of sp³-hybridized carbons (Fsp3) is 0. The van der Waals surface area contributed by atoms with E-state index in [1.54, 1.807) is 0 Å². The van der Waals surface area contributed by atoms with Crippen molar-refractivity contribution in [2.45, 2.75) is 0 Å². The van der Waals surface area contributed by atoms with Crippen LogP contribution in [0, 0.1) is 0 Å². The molecule has 0 atom stereocenters. The predicted octanol–water partition coefficient (Wildman–Crippen LogP) is -0.243. The molecule has 21 valence electrons. The molecule has 4 heteroatoms. The van der Waals surface area contributed by atoms with E-state index in [1.807, 2.05) is 0 Å². The van der Waals surface area contributed by atoms with E-state index < -0.39 is 0 Å². The van der Waals surface area contributed by atoms with Gasteiger partial charge >= 0.3 is 21.7 Å². The quantitative estimate of drug-likeness (QED) is 0.453. The van der Waals surface area contributed by atoms with E-state index in [0.717, 1.165) is 0 Å². The van der Waals surface area contributed by atoms with Crippen molar-refractivity contribution in [1.29, 1.82) is 0 Å². The zero-order chi connectivity index (χ0) is 0. The van der Waals surface area contributed by atoms with Gasteiger partial charge < -0.3 is 11.0 Å². The van der Waals surface area contributed by atoms with Crippen LogP contribution in [-0.2, 0) is 55.1 Å². The standard InChI is InChI=1S/Nb.2O.Ti/q;2*-2;+4. The number of rotatable bonds is 0. The van der Waals surface area contributed by atoms with Crippen LogP contribution >= 0.6 is 0 Å². The first-order chi connectivity index (χ1) is 0. The zero-order valence-electron chi connectivity index (χ0n) is 1.76. The smallest absolute Gasteiger partial charge is 2.00 e. The summed E-state index contributed by atoms with van der Waals surface area (Å²) < 4.78 is 0. The average Bonchev–Trinajstić information content (AvgIpc) is 0. The summed E-state index contributed by atoms with van der Waals surface area (Å²) in [5.74, 6) is 0. The van der Waals surface area contributed by atoms with Crippen LogP contribution in [0.2, 0.25) is 0 Å². The van der Waals surface area contributed by atoms with Crippen molar-refractivity contribution in [2.75, 3.05) is 0 Å². The zero-order valence-corrected chi connectivity index (χ0v) is 5.52. The van der Waals surface area contributed by atoms with Crippen molar-refractivity contribution >= 4 is 0 Å². The van der Waals surface area contributed by atoms with Crippen molar-refractivity contribution < 1.29 is 55.1 Å². The fourth-order valence-electron chi connectivity index (χ4n) is 0. The molecule has 0 spiro atoms. The Bertz CT molecular complexity index is 6.00. The molecular weight excluding hydrogens is 173 g/mol. The molecule has 0 saturated heterocycles. The van der Waals surface area contributed by atoms with Gasteiger partial charge in [-0.25, -0.2) is 0 Å². The molecule has 0 aliphatic rings. The Morgan fingerprint density at radius 1 is 0.750 bits per heavy atom. The van der Waals surface area contributed by atoms with Crippen molar-refractivity contribution in [2.24, 2.45) is 0 Å². The summed E-state index contributed by atoms with van der Waals surface area (Å²) in [4.78, 5) is 0. The van der Waals surface area contributed by atoms with Gasteiger partial charge in [-0.05, 0) is 0 Å². The molecule has 0 heterocycles. The molecule has 0 saturated carbocycles. The van der Waals surface area contributed by atoms with Gasteiger partial charge in [-0.1, -0.05) is 0 Å². The van der Waals surface area contributed by atoms with Crippen LogP contribution in [0.15, 0.2) is 0 Å². The van der Waals surface area contributed by atoms with E-state index in [1.165, 1.54) is 0 Å². The van der Waals surface area contributed by atoms with E-state index in [0.29, 0.717) is 0 Å². The largest absolute Gasteiger partial charge is 4.00 e. The molecule has 0 aromatic rings. The van der Waals surface area contributed by atoms with Crippen LogP contribution in [0.5, 0.6) is 0 Å². The van der Waals surface area contributed by atoms with Gasteiger partial charge in [0.15, 0.2) is 0 Å². The van der Waals surface area contributed by atoms with Crippen LogP contribution in [0.4, 0.5) is 0 Å². The molecule has 0 aliphatic heterocycles. The van der Waals surface area contributed by atoms with Crippen molar-refractivity contribution in [3.8, 4) is 0 Å². The topological polar surface area (TPSA) is 57.0 Å². The third-order valence-electron chi connectivity index (χ3n) is 0. The van der Waals surface area contributed by atoms with Crippen LogP contribution in [0.1, 0.15) is 0 Å². The Morgan fingerprint density at radius 3 is 0.750 bits per heavy atom. The van der Waals surface area contributed by atoms with Gasteiger partial charge in [-0.3, -0.25) is 0 Å². The average molecular weight is 173 g/mol. The van der Waals surface area contributed by atoms with Gasteiger partial charge in [-0.2, -0.15) is 0 Å². The van der Waals surface area contributed by atoms with Gasteiger partial charge in [-0.15, -0.1) is 0 Å². The second-order valence-electron chi connectivity index (χ2n) is 0. The Kier molecular flexibility index (Phi) is 359. The Morgan fingerprint density at radius 2 is 0.750 bits per heavy atom. The van der Waals surface area contributed by atoms with Gasteiger partial charge in [0.2, 0.25) is 0 Å². The molecule has 0 aromatic heterocycles. The first-order valence-electron chi connectivity index (χ1n) is 0. The molecule has 0 N–H and O–H groups in total. The maximum atomic E-state index is 0. The first kappa shape index (κ1) is 54.4. The molecule has 0 bridgehead atoms. The van der Waals surface area contributed by atoms with Gasteiger partial charge in [0.05, 0.1) is 0 Å². The molecule has 1 radical (unpaired) electrons. The summed E-state index contributed by atoms with van der Waals surface area (Å²) in [6.07, 6.45) is 0. The monoisotopic (exact) mass is 173 g/mol. The summed E-state index contributed by atoms with van der Waals surface area (Å²) >= 11 is 0. The predicted molar refractivity (Wildman–Crippen MR) is 1.37 cm³/mol. The van der Waals surface area contributed by atoms with Crippen LogP contribution in [0.3, 0.4) is 0 Å². The molecule has 4 heavy (non-hydrogen) atoms. The fourth-order valence-corrected chi connectivity index (χ4v) is 0. The van der Waals surface area contributed by atoms with Crippen LogP contribution in [0.25, 0.3) is 0 Å². The minimum atomic E-state index is 0. The molecule has 0 rings (SSSR count). The van der Waals surface area contributed by atoms with Crippen molar-refractivity contribution in [3.63, 3.8) is 0 Å². The first-order valence-corrected chi connectivity index (χ1v) is 0. The molecule has 0 fully saturated rings. The summed E-state index contributed by atoms with van der Waals surface area (Å²) in [6, 6.07) is 0. The molecule has 0 aliphatic carbocycles. The van der Waals surface area contributed by atoms with Crippen LogP contribution < -0.4 is 0 Å². The van der Waals surface area contributed by atoms with Crippen LogP contribution in [-0.4, -0.2) is 0 Å². The SMILES string of the molecule is [Nb].[O-2].[O-2].[Ti+4]. The number of hydrogen-bond donors (Lipinski definition) is 0. The Hall–Kier alpha value is 1.37. The molecule has 0 unspecified atom stereocenters. The minimum absolute atomic E-state index is 0. The molecule has 0 amide bonds. The third-order valence-corrected chi connectivity index (χ3v) is 0. The maximum Gasteiger partial charge on any atom is 4.00 e. The number of hydrogen-bond acceptors (Lipinski definition) is 0. The summed E-state index contributed by atoms with van der Waals surface area (Å²) in [6.45, 7) is 0. The van der Waals surface area contributed by atoms with E-state index in [-0.39, 0.29) is 55.1 Å². The normalized spacial score (nSPS) is 0. The van der Waals surface area contributed by atoms with Crippen molar-refractivity contribution in [3.05, 3.63) is 0 Å². The van der Waals surface area contributed by atoms with Crippen molar-refractivity contribution in [1.82, 2.24) is 0 Å². The summed E-state index contributed by atoms with van der Waals surface area (Å²) in [5.41, 5.74) is 0. The Balaban J connectivity index is 0. The summed E-state index contributed by atoms with van der Waals surface area (Å²) in [5, 5.41) is 0. The molecule has 2 nitrogen and oxygen atoms in total. The van der Waals surface area contributed by atoms with E-state index in [4.69, 9.17) is 0 Å². The Labute approximate surface area is 55.0 Å². The van der Waals surface area contributed by atoms with E-state index >= 15 is 0 Å². The summed E-state index contributed by atoms with van der Waals surface area (Å²) in [7, 11) is 0. The van der Waals surface area contributed by atoms with E-state index in [9.17, 15) is 0 Å². The van der Waals surface area contributed by atoms with Gasteiger partial charge in [0.1, 0.15) is 0 Å². The van der Waals surface area contributed by atoms with Gasteiger partial charge in [0.25, 0.3) is 0 Å². The molecular formula is NbO2Ti. The molecule has 0 aromatic carbocycles. The minimum Gasteiger partial charge on any atom is -2.00 e. The second-order valence-corrected chi connectivity index (χ2v) is 0. The second kappa shape index (κ2) is 26.4. The van der Waals surface area contributed by atoms with E-state index in [2.05, 4.69) is 0 Å². The van der Waals surface area contributed by atoms with Gasteiger partial charge in [0, 0.05) is 22.4 Å².